The molecule has 1 N–H and O–H groups in total. The summed E-state index contributed by atoms with van der Waals surface area (Å²) in [6, 6.07) is 1.96. The first-order chi connectivity index (χ1) is 5.44. The largest absolute Gasteiger partial charge is 0.278 e. The van der Waals surface area contributed by atoms with E-state index in [9.17, 15) is 8.42 Å². The van der Waals surface area contributed by atoms with Crippen LogP contribution in [0.1, 0.15) is 6.92 Å². The van der Waals surface area contributed by atoms with E-state index in [0.717, 1.165) is 4.31 Å². The SMILES string of the molecule is CNS(=O)(=O)N(C)CC(C)C#N. The van der Waals surface area contributed by atoms with Gasteiger partial charge in [0.25, 0.3) is 10.2 Å². The molecule has 0 spiro atoms. The molecule has 0 heterocycles. The number of hydrogen-bond acceptors (Lipinski definition) is 3. The molecule has 0 rings (SSSR count). The third-order valence-corrected chi connectivity index (χ3v) is 2.91. The smallest absolute Gasteiger partial charge is 0.205 e. The molecule has 0 aromatic carbocycles. The average Bonchev–Trinajstić information content (AvgIpc) is 2.04. The Labute approximate surface area is 73.2 Å². The maximum Gasteiger partial charge on any atom is 0.278 e. The van der Waals surface area contributed by atoms with E-state index in [-0.39, 0.29) is 12.5 Å². The molecule has 0 aromatic heterocycles. The highest BCUT2D eigenvalue weighted by Gasteiger charge is 2.16. The van der Waals surface area contributed by atoms with Crippen molar-refractivity contribution in [1.29, 1.82) is 5.26 Å². The lowest BCUT2D eigenvalue weighted by Crippen LogP contribution is -2.38. The predicted octanol–water partition coefficient (Wildman–Crippen LogP) is -0.458. The van der Waals surface area contributed by atoms with Crippen LogP contribution in [0, 0.1) is 17.2 Å². The second-order valence-corrected chi connectivity index (χ2v) is 4.50. The highest BCUT2D eigenvalue weighted by atomic mass is 32.2. The summed E-state index contributed by atoms with van der Waals surface area (Å²) in [6.45, 7) is 1.88. The van der Waals surface area contributed by atoms with E-state index >= 15 is 0 Å². The van der Waals surface area contributed by atoms with Gasteiger partial charge in [-0.2, -0.15) is 18.0 Å². The van der Waals surface area contributed by atoms with Crippen LogP contribution in [0.15, 0.2) is 0 Å². The first kappa shape index (κ1) is 11.4. The van der Waals surface area contributed by atoms with Crippen molar-refractivity contribution in [3.63, 3.8) is 0 Å². The van der Waals surface area contributed by atoms with Gasteiger partial charge >= 0.3 is 0 Å². The van der Waals surface area contributed by atoms with Crippen LogP contribution >= 0.6 is 0 Å². The van der Waals surface area contributed by atoms with Crippen molar-refractivity contribution in [2.45, 2.75) is 6.92 Å². The molecule has 1 unspecified atom stereocenters. The monoisotopic (exact) mass is 191 g/mol. The molecule has 0 aliphatic heterocycles. The predicted molar refractivity (Wildman–Crippen MR) is 45.4 cm³/mol. The van der Waals surface area contributed by atoms with Gasteiger partial charge in [0.1, 0.15) is 0 Å². The quantitative estimate of drug-likeness (QED) is 0.653. The van der Waals surface area contributed by atoms with Gasteiger partial charge in [-0.25, -0.2) is 4.72 Å². The third kappa shape index (κ3) is 3.17. The molecule has 12 heavy (non-hydrogen) atoms. The van der Waals surface area contributed by atoms with Crippen LogP contribution in [0.3, 0.4) is 0 Å². The minimum Gasteiger partial charge on any atom is -0.205 e. The van der Waals surface area contributed by atoms with Crippen molar-refractivity contribution in [3.05, 3.63) is 0 Å². The average molecular weight is 191 g/mol. The Hall–Kier alpha value is -0.640. The van der Waals surface area contributed by atoms with Gasteiger partial charge in [-0.1, -0.05) is 0 Å². The van der Waals surface area contributed by atoms with E-state index in [0.29, 0.717) is 0 Å². The zero-order valence-electron chi connectivity index (χ0n) is 7.40. The van der Waals surface area contributed by atoms with Gasteiger partial charge < -0.3 is 0 Å². The van der Waals surface area contributed by atoms with E-state index in [1.165, 1.54) is 14.1 Å². The first-order valence-electron chi connectivity index (χ1n) is 3.48. The Bertz CT molecular complexity index is 267. The standard InChI is InChI=1S/C6H13N3O2S/c1-6(4-7)5-9(3)12(10,11)8-2/h6,8H,5H2,1-3H3. The first-order valence-corrected chi connectivity index (χ1v) is 4.92. The minimum absolute atomic E-state index is 0.208. The van der Waals surface area contributed by atoms with Gasteiger partial charge in [0, 0.05) is 20.6 Å². The molecule has 6 heteroatoms. The van der Waals surface area contributed by atoms with Crippen molar-refractivity contribution >= 4 is 10.2 Å². The lowest BCUT2D eigenvalue weighted by molar-refractivity contribution is 0.433. The van der Waals surface area contributed by atoms with Crippen LogP contribution in [0.25, 0.3) is 0 Å². The molecule has 0 aliphatic rings. The fourth-order valence-electron chi connectivity index (χ4n) is 0.680. The summed E-state index contributed by atoms with van der Waals surface area (Å²) in [7, 11) is -0.605. The third-order valence-electron chi connectivity index (χ3n) is 1.42. The maximum absolute atomic E-state index is 11.1. The second-order valence-electron chi connectivity index (χ2n) is 2.52. The van der Waals surface area contributed by atoms with Gasteiger partial charge in [0.15, 0.2) is 0 Å². The molecule has 5 nitrogen and oxygen atoms in total. The van der Waals surface area contributed by atoms with Crippen molar-refractivity contribution in [1.82, 2.24) is 9.03 Å². The Morgan fingerprint density at radius 1 is 1.67 bits per heavy atom. The molecule has 0 amide bonds. The molecule has 70 valence electrons. The summed E-state index contributed by atoms with van der Waals surface area (Å²) in [5.41, 5.74) is 0. The maximum atomic E-state index is 11.1. The summed E-state index contributed by atoms with van der Waals surface area (Å²) >= 11 is 0. The van der Waals surface area contributed by atoms with E-state index in [4.69, 9.17) is 5.26 Å². The zero-order valence-corrected chi connectivity index (χ0v) is 8.22. The molecule has 0 fully saturated rings. The van der Waals surface area contributed by atoms with E-state index in [1.807, 2.05) is 6.07 Å². The summed E-state index contributed by atoms with van der Waals surface area (Å²) in [5, 5.41) is 8.43. The van der Waals surface area contributed by atoms with Crippen molar-refractivity contribution in [3.8, 4) is 6.07 Å². The molecule has 0 aromatic rings. The summed E-state index contributed by atoms with van der Waals surface area (Å²) in [6.07, 6.45) is 0. The van der Waals surface area contributed by atoms with E-state index in [2.05, 4.69) is 4.72 Å². The highest BCUT2D eigenvalue weighted by Crippen LogP contribution is 1.99. The highest BCUT2D eigenvalue weighted by molar-refractivity contribution is 7.87. The van der Waals surface area contributed by atoms with Crippen LogP contribution in [-0.4, -0.2) is 33.4 Å². The van der Waals surface area contributed by atoms with Crippen LogP contribution in [0.5, 0.6) is 0 Å². The second kappa shape index (κ2) is 4.40. The molecule has 0 saturated carbocycles. The number of nitrogens with zero attached hydrogens (tertiary/aromatic N) is 2. The Morgan fingerprint density at radius 2 is 2.17 bits per heavy atom. The van der Waals surface area contributed by atoms with Crippen LogP contribution in [0.2, 0.25) is 0 Å². The van der Waals surface area contributed by atoms with Gasteiger partial charge in [-0.3, -0.25) is 0 Å². The van der Waals surface area contributed by atoms with Crippen molar-refractivity contribution in [2.24, 2.45) is 5.92 Å². The Kier molecular flexibility index (Phi) is 4.17. The summed E-state index contributed by atoms with van der Waals surface area (Å²) in [4.78, 5) is 0. The molecular weight excluding hydrogens is 178 g/mol. The minimum atomic E-state index is -3.37. The Balaban J connectivity index is 4.25. The number of nitriles is 1. The number of hydrogen-bond donors (Lipinski definition) is 1. The molecule has 0 radical (unpaired) electrons. The molecule has 1 atom stereocenters. The summed E-state index contributed by atoms with van der Waals surface area (Å²) < 4.78 is 25.4. The fraction of sp³-hybridized carbons (Fsp3) is 0.833. The van der Waals surface area contributed by atoms with E-state index in [1.54, 1.807) is 6.92 Å². The van der Waals surface area contributed by atoms with Crippen LogP contribution in [-0.2, 0) is 10.2 Å². The van der Waals surface area contributed by atoms with Gasteiger partial charge in [-0.15, -0.1) is 0 Å². The number of nitrogens with one attached hydrogen (secondary N) is 1. The van der Waals surface area contributed by atoms with Crippen molar-refractivity contribution < 1.29 is 8.42 Å². The van der Waals surface area contributed by atoms with Crippen LogP contribution in [0.4, 0.5) is 0 Å². The topological polar surface area (TPSA) is 73.2 Å². The fourth-order valence-corrected chi connectivity index (χ4v) is 1.41. The molecule has 0 bridgehead atoms. The van der Waals surface area contributed by atoms with Crippen molar-refractivity contribution in [2.75, 3.05) is 20.6 Å². The van der Waals surface area contributed by atoms with Gasteiger partial charge in [-0.05, 0) is 6.92 Å². The van der Waals surface area contributed by atoms with Crippen LogP contribution < -0.4 is 4.72 Å². The molecule has 0 aliphatic carbocycles. The number of rotatable bonds is 4. The lowest BCUT2D eigenvalue weighted by Gasteiger charge is -2.16. The molecular formula is C6H13N3O2S. The molecule has 0 saturated heterocycles. The Morgan fingerprint density at radius 3 is 2.50 bits per heavy atom. The lowest BCUT2D eigenvalue weighted by atomic mass is 10.2. The summed E-state index contributed by atoms with van der Waals surface area (Å²) in [5.74, 6) is -0.293. The normalized spacial score (nSPS) is 14.2. The van der Waals surface area contributed by atoms with Gasteiger partial charge in [0.05, 0.1) is 12.0 Å². The van der Waals surface area contributed by atoms with Gasteiger partial charge in [0.2, 0.25) is 0 Å². The van der Waals surface area contributed by atoms with E-state index < -0.39 is 10.2 Å². The zero-order chi connectivity index (χ0) is 9.78.